The number of aryl methyl sites for hydroxylation is 1. The molecular formula is C17H25N5O2. The van der Waals surface area contributed by atoms with Crippen LogP contribution < -0.4 is 10.2 Å². The zero-order valence-electron chi connectivity index (χ0n) is 14.4. The van der Waals surface area contributed by atoms with E-state index < -0.39 is 0 Å². The summed E-state index contributed by atoms with van der Waals surface area (Å²) in [4.78, 5) is 14.2. The van der Waals surface area contributed by atoms with Crippen molar-refractivity contribution in [3.63, 3.8) is 0 Å². The van der Waals surface area contributed by atoms with Gasteiger partial charge in [-0.15, -0.1) is 5.10 Å². The van der Waals surface area contributed by atoms with Crippen LogP contribution in [0.5, 0.6) is 0 Å². The molecule has 130 valence electrons. The molecule has 0 bridgehead atoms. The van der Waals surface area contributed by atoms with Gasteiger partial charge in [-0.05, 0) is 36.6 Å². The van der Waals surface area contributed by atoms with E-state index in [2.05, 4.69) is 29.5 Å². The second-order valence-electron chi connectivity index (χ2n) is 6.20. The molecule has 1 heterocycles. The summed E-state index contributed by atoms with van der Waals surface area (Å²) in [5, 5.41) is 19.7. The molecule has 0 fully saturated rings. The van der Waals surface area contributed by atoms with Gasteiger partial charge in [-0.2, -0.15) is 0 Å². The van der Waals surface area contributed by atoms with Crippen molar-refractivity contribution in [1.82, 2.24) is 15.0 Å². The Bertz CT molecular complexity index is 651. The maximum Gasteiger partial charge on any atom is 0.277 e. The zero-order valence-corrected chi connectivity index (χ0v) is 14.4. The summed E-state index contributed by atoms with van der Waals surface area (Å²) in [6.07, 6.45) is 2.66. The van der Waals surface area contributed by atoms with Gasteiger partial charge < -0.3 is 15.3 Å². The second-order valence-corrected chi connectivity index (χ2v) is 6.20. The molecule has 0 unspecified atom stereocenters. The summed E-state index contributed by atoms with van der Waals surface area (Å²) in [7, 11) is 1.90. The highest BCUT2D eigenvalue weighted by Gasteiger charge is 2.11. The number of rotatable bonds is 8. The molecule has 2 rings (SSSR count). The Morgan fingerprint density at radius 1 is 1.33 bits per heavy atom. The molecule has 7 nitrogen and oxygen atoms in total. The van der Waals surface area contributed by atoms with Crippen molar-refractivity contribution in [3.8, 4) is 0 Å². The van der Waals surface area contributed by atoms with Crippen molar-refractivity contribution in [2.45, 2.75) is 26.8 Å². The predicted octanol–water partition coefficient (Wildman–Crippen LogP) is 2.00. The van der Waals surface area contributed by atoms with E-state index in [1.165, 1.54) is 0 Å². The topological polar surface area (TPSA) is 83.3 Å². The molecule has 0 atom stereocenters. The number of hydrogen-bond donors (Lipinski definition) is 2. The number of aliphatic hydroxyl groups is 1. The minimum Gasteiger partial charge on any atom is -0.395 e. The quantitative estimate of drug-likeness (QED) is 0.773. The molecule has 1 amide bonds. The van der Waals surface area contributed by atoms with Crippen LogP contribution in [0.15, 0.2) is 30.5 Å². The van der Waals surface area contributed by atoms with E-state index in [0.29, 0.717) is 23.8 Å². The van der Waals surface area contributed by atoms with Gasteiger partial charge in [-0.25, -0.2) is 0 Å². The summed E-state index contributed by atoms with van der Waals surface area (Å²) >= 11 is 0. The summed E-state index contributed by atoms with van der Waals surface area (Å²) < 4.78 is 1.70. The van der Waals surface area contributed by atoms with Crippen LogP contribution in [0.3, 0.4) is 0 Å². The lowest BCUT2D eigenvalue weighted by atomic mass is 10.1. The van der Waals surface area contributed by atoms with Gasteiger partial charge in [0.15, 0.2) is 5.69 Å². The number of hydrogen-bond acceptors (Lipinski definition) is 5. The number of likely N-dealkylation sites (N-methyl/N-ethyl adjacent to an activating group) is 1. The third kappa shape index (κ3) is 5.06. The SMILES string of the molecule is CC(C)CCn1cc(C(=O)Nc2ccc(N(C)CCO)cc2)nn1. The van der Waals surface area contributed by atoms with E-state index in [9.17, 15) is 4.79 Å². The van der Waals surface area contributed by atoms with Gasteiger partial charge in [0.1, 0.15) is 0 Å². The number of amides is 1. The molecule has 0 aliphatic carbocycles. The molecule has 0 spiro atoms. The van der Waals surface area contributed by atoms with Gasteiger partial charge in [0.2, 0.25) is 0 Å². The third-order valence-corrected chi connectivity index (χ3v) is 3.71. The molecule has 0 aliphatic heterocycles. The Kier molecular flexibility index (Phi) is 6.31. The van der Waals surface area contributed by atoms with Crippen LogP contribution in [0.1, 0.15) is 30.8 Å². The maximum absolute atomic E-state index is 12.2. The largest absolute Gasteiger partial charge is 0.395 e. The predicted molar refractivity (Wildman–Crippen MR) is 94.2 cm³/mol. The number of aromatic nitrogens is 3. The lowest BCUT2D eigenvalue weighted by molar-refractivity contribution is 0.102. The van der Waals surface area contributed by atoms with Crippen LogP contribution in [0.4, 0.5) is 11.4 Å². The van der Waals surface area contributed by atoms with E-state index in [0.717, 1.165) is 18.7 Å². The molecule has 24 heavy (non-hydrogen) atoms. The van der Waals surface area contributed by atoms with Crippen LogP contribution in [-0.2, 0) is 6.54 Å². The highest BCUT2D eigenvalue weighted by Crippen LogP contribution is 2.17. The first kappa shape index (κ1) is 17.9. The Morgan fingerprint density at radius 3 is 2.67 bits per heavy atom. The molecule has 2 aromatic rings. The van der Waals surface area contributed by atoms with Gasteiger partial charge in [0, 0.05) is 31.5 Å². The smallest absolute Gasteiger partial charge is 0.277 e. The van der Waals surface area contributed by atoms with E-state index in [-0.39, 0.29) is 12.5 Å². The van der Waals surface area contributed by atoms with Crippen LogP contribution in [-0.4, -0.2) is 46.2 Å². The molecule has 2 N–H and O–H groups in total. The average Bonchev–Trinajstić information content (AvgIpc) is 3.03. The van der Waals surface area contributed by atoms with Crippen molar-refractivity contribution in [2.75, 3.05) is 30.4 Å². The lowest BCUT2D eigenvalue weighted by Crippen LogP contribution is -2.21. The third-order valence-electron chi connectivity index (χ3n) is 3.71. The summed E-state index contributed by atoms with van der Waals surface area (Å²) in [5.74, 6) is 0.302. The highest BCUT2D eigenvalue weighted by atomic mass is 16.3. The molecular weight excluding hydrogens is 306 g/mol. The van der Waals surface area contributed by atoms with Crippen molar-refractivity contribution in [2.24, 2.45) is 5.92 Å². The standard InChI is InChI=1S/C17H25N5O2/c1-13(2)8-9-22-12-16(19-20-22)17(24)18-14-4-6-15(7-5-14)21(3)10-11-23/h4-7,12-13,23H,8-11H2,1-3H3,(H,18,24). The normalized spacial score (nSPS) is 10.9. The van der Waals surface area contributed by atoms with Crippen LogP contribution in [0.25, 0.3) is 0 Å². The lowest BCUT2D eigenvalue weighted by Gasteiger charge is -2.18. The molecule has 1 aromatic heterocycles. The molecule has 0 saturated heterocycles. The Hall–Kier alpha value is -2.41. The fourth-order valence-electron chi connectivity index (χ4n) is 2.18. The van der Waals surface area contributed by atoms with Crippen molar-refractivity contribution < 1.29 is 9.90 Å². The van der Waals surface area contributed by atoms with Crippen LogP contribution in [0, 0.1) is 5.92 Å². The molecule has 0 saturated carbocycles. The van der Waals surface area contributed by atoms with E-state index in [1.54, 1.807) is 10.9 Å². The number of benzene rings is 1. The molecule has 7 heteroatoms. The first-order valence-corrected chi connectivity index (χ1v) is 8.13. The van der Waals surface area contributed by atoms with Gasteiger partial charge in [-0.3, -0.25) is 9.48 Å². The summed E-state index contributed by atoms with van der Waals surface area (Å²) in [6, 6.07) is 7.43. The summed E-state index contributed by atoms with van der Waals surface area (Å²) in [5.41, 5.74) is 1.97. The van der Waals surface area contributed by atoms with Gasteiger partial charge in [-0.1, -0.05) is 19.1 Å². The second kappa shape index (κ2) is 8.44. The Balaban J connectivity index is 1.94. The van der Waals surface area contributed by atoms with Gasteiger partial charge in [0.25, 0.3) is 5.91 Å². The maximum atomic E-state index is 12.2. The number of nitrogens with zero attached hydrogens (tertiary/aromatic N) is 4. The first-order valence-electron chi connectivity index (χ1n) is 8.13. The van der Waals surface area contributed by atoms with Crippen molar-refractivity contribution in [3.05, 3.63) is 36.2 Å². The van der Waals surface area contributed by atoms with E-state index >= 15 is 0 Å². The number of nitrogens with one attached hydrogen (secondary N) is 1. The Morgan fingerprint density at radius 2 is 2.04 bits per heavy atom. The minimum atomic E-state index is -0.276. The van der Waals surface area contributed by atoms with Gasteiger partial charge in [0.05, 0.1) is 12.8 Å². The number of aliphatic hydroxyl groups excluding tert-OH is 1. The summed E-state index contributed by atoms with van der Waals surface area (Å²) in [6.45, 7) is 5.70. The molecule has 1 aromatic carbocycles. The first-order chi connectivity index (χ1) is 11.5. The van der Waals surface area contributed by atoms with Crippen LogP contribution >= 0.6 is 0 Å². The number of anilines is 2. The number of carbonyl (C=O) groups is 1. The highest BCUT2D eigenvalue weighted by molar-refractivity contribution is 6.02. The fraction of sp³-hybridized carbons (Fsp3) is 0.471. The van der Waals surface area contributed by atoms with Crippen LogP contribution in [0.2, 0.25) is 0 Å². The minimum absolute atomic E-state index is 0.0987. The Labute approximate surface area is 142 Å². The van der Waals surface area contributed by atoms with Gasteiger partial charge >= 0.3 is 0 Å². The fourth-order valence-corrected chi connectivity index (χ4v) is 2.18. The average molecular weight is 331 g/mol. The van der Waals surface area contributed by atoms with E-state index in [4.69, 9.17) is 5.11 Å². The van der Waals surface area contributed by atoms with Crippen molar-refractivity contribution in [1.29, 1.82) is 0 Å². The van der Waals surface area contributed by atoms with Crippen molar-refractivity contribution >= 4 is 17.3 Å². The number of carbonyl (C=O) groups excluding carboxylic acids is 1. The monoisotopic (exact) mass is 331 g/mol. The zero-order chi connectivity index (χ0) is 17.5. The molecule has 0 aliphatic rings. The molecule has 0 radical (unpaired) electrons. The van der Waals surface area contributed by atoms with E-state index in [1.807, 2.05) is 36.2 Å².